The Morgan fingerprint density at radius 3 is 1.75 bits per heavy atom. The first-order valence-electron chi connectivity index (χ1n) is 9.83. The lowest BCUT2D eigenvalue weighted by Gasteiger charge is -2.52. The molecule has 0 saturated heterocycles. The molecule has 0 aliphatic heterocycles. The number of allylic oxidation sites excluding steroid dienone is 2. The zero-order chi connectivity index (χ0) is 21.8. The van der Waals surface area contributed by atoms with Crippen LogP contribution in [0.2, 0.25) is 0 Å². The number of aliphatic hydroxyl groups is 4. The third-order valence-corrected chi connectivity index (χ3v) is 6.07. The van der Waals surface area contributed by atoms with Crippen LogP contribution >= 0.6 is 0 Å². The fourth-order valence-corrected chi connectivity index (χ4v) is 4.07. The Balaban J connectivity index is 2.79. The van der Waals surface area contributed by atoms with Gasteiger partial charge in [-0.2, -0.15) is 0 Å². The maximum atomic E-state index is 11.1. The van der Waals surface area contributed by atoms with Crippen LogP contribution in [0.15, 0.2) is 42.0 Å². The maximum Gasteiger partial charge on any atom is 0.0840 e. The second-order valence-electron chi connectivity index (χ2n) is 10.2. The summed E-state index contributed by atoms with van der Waals surface area (Å²) in [6, 6.07) is 7.60. The molecule has 4 nitrogen and oxygen atoms in total. The molecule has 0 aromatic heterocycles. The fourth-order valence-electron chi connectivity index (χ4n) is 4.07. The summed E-state index contributed by atoms with van der Waals surface area (Å²) >= 11 is 0. The molecule has 1 aromatic rings. The van der Waals surface area contributed by atoms with Crippen LogP contribution in [0.4, 0.5) is 0 Å². The van der Waals surface area contributed by atoms with Gasteiger partial charge in [0.1, 0.15) is 0 Å². The zero-order valence-electron chi connectivity index (χ0n) is 18.5. The summed E-state index contributed by atoms with van der Waals surface area (Å²) in [7, 11) is 0. The van der Waals surface area contributed by atoms with E-state index in [4.69, 9.17) is 0 Å². The van der Waals surface area contributed by atoms with E-state index in [9.17, 15) is 20.4 Å². The summed E-state index contributed by atoms with van der Waals surface area (Å²) in [4.78, 5) is 0. The van der Waals surface area contributed by atoms with Crippen LogP contribution in [-0.2, 0) is 5.60 Å². The van der Waals surface area contributed by atoms with Crippen LogP contribution in [0.3, 0.4) is 0 Å². The van der Waals surface area contributed by atoms with E-state index in [0.717, 1.165) is 22.3 Å². The molecule has 0 amide bonds. The second kappa shape index (κ2) is 6.81. The maximum absolute atomic E-state index is 11.1. The predicted octanol–water partition coefficient (Wildman–Crippen LogP) is 3.93. The van der Waals surface area contributed by atoms with Crippen molar-refractivity contribution >= 4 is 5.57 Å². The van der Waals surface area contributed by atoms with E-state index < -0.39 is 27.8 Å². The van der Waals surface area contributed by atoms with Gasteiger partial charge in [-0.1, -0.05) is 30.4 Å². The predicted molar refractivity (Wildman–Crippen MR) is 114 cm³/mol. The molecule has 0 heterocycles. The molecule has 0 bridgehead atoms. The zero-order valence-corrected chi connectivity index (χ0v) is 18.5. The van der Waals surface area contributed by atoms with Gasteiger partial charge in [0.05, 0.1) is 22.4 Å². The molecular formula is C24H36O4. The van der Waals surface area contributed by atoms with E-state index in [2.05, 4.69) is 0 Å². The highest BCUT2D eigenvalue weighted by Gasteiger charge is 2.54. The Hall–Kier alpha value is -1.46. The average Bonchev–Trinajstić information content (AvgIpc) is 2.51. The average molecular weight is 389 g/mol. The van der Waals surface area contributed by atoms with Crippen molar-refractivity contribution in [2.45, 2.75) is 84.2 Å². The van der Waals surface area contributed by atoms with Crippen molar-refractivity contribution in [3.63, 3.8) is 0 Å². The first-order chi connectivity index (χ1) is 12.4. The molecule has 0 atom stereocenters. The summed E-state index contributed by atoms with van der Waals surface area (Å²) in [5, 5.41) is 43.4. The Labute approximate surface area is 169 Å². The molecule has 2 rings (SSSR count). The van der Waals surface area contributed by atoms with Crippen LogP contribution in [-0.4, -0.2) is 37.2 Å². The highest BCUT2D eigenvalue weighted by atomic mass is 16.3. The van der Waals surface area contributed by atoms with Gasteiger partial charge < -0.3 is 20.4 Å². The van der Waals surface area contributed by atoms with E-state index in [1.165, 1.54) is 0 Å². The molecule has 0 fully saturated rings. The minimum atomic E-state index is -1.24. The molecule has 1 aromatic carbocycles. The molecule has 28 heavy (non-hydrogen) atoms. The Bertz CT molecular complexity index is 774. The lowest BCUT2D eigenvalue weighted by atomic mass is 9.57. The van der Waals surface area contributed by atoms with E-state index in [-0.39, 0.29) is 0 Å². The van der Waals surface area contributed by atoms with E-state index in [0.29, 0.717) is 6.42 Å². The largest absolute Gasteiger partial charge is 0.389 e. The van der Waals surface area contributed by atoms with Crippen LogP contribution < -0.4 is 0 Å². The van der Waals surface area contributed by atoms with Gasteiger partial charge in [0.2, 0.25) is 0 Å². The standard InChI is InChI=1S/C24H36O4/c1-20(2,25)18-11-9-10-16(12-18)17-13-19(21(3,4)26)15-24(14-17,22(5,6)27)23(7,8)28/h9-14,25-28H,15H2,1-8H3. The van der Waals surface area contributed by atoms with Gasteiger partial charge in [-0.05, 0) is 90.2 Å². The highest BCUT2D eigenvalue weighted by Crippen LogP contribution is 2.53. The van der Waals surface area contributed by atoms with Crippen LogP contribution in [0, 0.1) is 5.41 Å². The number of hydrogen-bond donors (Lipinski definition) is 4. The summed E-state index contributed by atoms with van der Waals surface area (Å²) in [5.41, 5.74) is -2.41. The third-order valence-electron chi connectivity index (χ3n) is 6.07. The van der Waals surface area contributed by atoms with Crippen LogP contribution in [0.25, 0.3) is 5.57 Å². The van der Waals surface area contributed by atoms with Gasteiger partial charge in [0, 0.05) is 5.41 Å². The molecule has 1 aliphatic carbocycles. The molecule has 0 spiro atoms. The van der Waals surface area contributed by atoms with Gasteiger partial charge >= 0.3 is 0 Å². The SMILES string of the molecule is CC(C)(O)C1=CC(c2cccc(C(C)(C)O)c2)=CC(C(C)(C)O)(C(C)(C)O)C1. The van der Waals surface area contributed by atoms with Crippen molar-refractivity contribution < 1.29 is 20.4 Å². The van der Waals surface area contributed by atoms with Crippen molar-refractivity contribution in [2.24, 2.45) is 5.41 Å². The molecule has 0 saturated carbocycles. The normalized spacial score (nSPS) is 18.6. The minimum absolute atomic E-state index is 0.332. The monoisotopic (exact) mass is 388 g/mol. The van der Waals surface area contributed by atoms with Crippen molar-refractivity contribution in [1.29, 1.82) is 0 Å². The lowest BCUT2D eigenvalue weighted by Crippen LogP contribution is -2.57. The number of hydrogen-bond acceptors (Lipinski definition) is 4. The molecule has 0 radical (unpaired) electrons. The van der Waals surface area contributed by atoms with Crippen molar-refractivity contribution in [3.05, 3.63) is 53.1 Å². The first kappa shape index (κ1) is 22.8. The smallest absolute Gasteiger partial charge is 0.0840 e. The minimum Gasteiger partial charge on any atom is -0.389 e. The molecule has 0 unspecified atom stereocenters. The fraction of sp³-hybridized carbons (Fsp3) is 0.583. The lowest BCUT2D eigenvalue weighted by molar-refractivity contribution is -0.141. The molecule has 156 valence electrons. The van der Waals surface area contributed by atoms with E-state index in [1.54, 1.807) is 55.4 Å². The topological polar surface area (TPSA) is 80.9 Å². The third kappa shape index (κ3) is 4.25. The summed E-state index contributed by atoms with van der Waals surface area (Å²) in [5.74, 6) is 0. The summed E-state index contributed by atoms with van der Waals surface area (Å²) in [6.45, 7) is 13.7. The number of benzene rings is 1. The second-order valence-corrected chi connectivity index (χ2v) is 10.2. The Morgan fingerprint density at radius 2 is 1.32 bits per heavy atom. The quantitative estimate of drug-likeness (QED) is 0.616. The van der Waals surface area contributed by atoms with Gasteiger partial charge in [-0.15, -0.1) is 0 Å². The van der Waals surface area contributed by atoms with Crippen molar-refractivity contribution in [1.82, 2.24) is 0 Å². The summed E-state index contributed by atoms with van der Waals surface area (Å²) < 4.78 is 0. The van der Waals surface area contributed by atoms with Crippen molar-refractivity contribution in [3.8, 4) is 0 Å². The van der Waals surface area contributed by atoms with Gasteiger partial charge in [0.15, 0.2) is 0 Å². The van der Waals surface area contributed by atoms with Gasteiger partial charge in [0.25, 0.3) is 0 Å². The van der Waals surface area contributed by atoms with Crippen LogP contribution in [0.5, 0.6) is 0 Å². The summed E-state index contributed by atoms with van der Waals surface area (Å²) in [6.07, 6.45) is 4.18. The molecule has 4 heteroatoms. The number of rotatable bonds is 5. The highest BCUT2D eigenvalue weighted by molar-refractivity contribution is 5.78. The van der Waals surface area contributed by atoms with E-state index >= 15 is 0 Å². The molecular weight excluding hydrogens is 352 g/mol. The van der Waals surface area contributed by atoms with Gasteiger partial charge in [-0.25, -0.2) is 0 Å². The molecule has 4 N–H and O–H groups in total. The Morgan fingerprint density at radius 1 is 0.786 bits per heavy atom. The molecule has 1 aliphatic rings. The van der Waals surface area contributed by atoms with E-state index in [1.807, 2.05) is 36.4 Å². The van der Waals surface area contributed by atoms with Crippen molar-refractivity contribution in [2.75, 3.05) is 0 Å². The Kier molecular flexibility index (Phi) is 5.55. The van der Waals surface area contributed by atoms with Crippen LogP contribution in [0.1, 0.15) is 72.9 Å². The first-order valence-corrected chi connectivity index (χ1v) is 9.83. The van der Waals surface area contributed by atoms with Gasteiger partial charge in [-0.3, -0.25) is 0 Å².